The molecule has 2 aromatic rings. The number of benzene rings is 1. The van der Waals surface area contributed by atoms with Crippen molar-refractivity contribution in [2.24, 2.45) is 5.41 Å². The Labute approximate surface area is 124 Å². The highest BCUT2D eigenvalue weighted by Crippen LogP contribution is 2.27. The number of hydrogen-bond acceptors (Lipinski definition) is 1. The van der Waals surface area contributed by atoms with Crippen molar-refractivity contribution in [3.8, 4) is 0 Å². The fourth-order valence-corrected chi connectivity index (χ4v) is 2.51. The van der Waals surface area contributed by atoms with Crippen LogP contribution in [0, 0.1) is 5.41 Å². The smallest absolute Gasteiger partial charge is 0.111 e. The lowest BCUT2D eigenvalue weighted by Gasteiger charge is -2.19. The highest BCUT2D eigenvalue weighted by atomic mass is 35.5. The summed E-state index contributed by atoms with van der Waals surface area (Å²) in [6.07, 6.45) is 1.87. The lowest BCUT2D eigenvalue weighted by atomic mass is 9.92. The van der Waals surface area contributed by atoms with Gasteiger partial charge in [0.2, 0.25) is 0 Å². The molecule has 4 heteroatoms. The standard InChI is InChI=1S/C15H20Cl2N2/c1-15(2,3)8-10-19-12-6-4-5-11(17)14(12)18-13(19)7-9-16/h4-6H,7-10H2,1-3H3. The number of aromatic nitrogens is 2. The van der Waals surface area contributed by atoms with Gasteiger partial charge in [-0.1, -0.05) is 38.4 Å². The van der Waals surface area contributed by atoms with Crippen LogP contribution in [0.3, 0.4) is 0 Å². The first-order valence-corrected chi connectivity index (χ1v) is 7.53. The Balaban J connectivity index is 2.43. The maximum absolute atomic E-state index is 6.22. The number of aryl methyl sites for hydroxylation is 2. The van der Waals surface area contributed by atoms with Crippen LogP contribution in [0.2, 0.25) is 5.02 Å². The quantitative estimate of drug-likeness (QED) is 0.734. The molecule has 0 N–H and O–H groups in total. The predicted octanol–water partition coefficient (Wildman–Crippen LogP) is 4.91. The van der Waals surface area contributed by atoms with Crippen LogP contribution >= 0.6 is 23.2 Å². The van der Waals surface area contributed by atoms with Crippen LogP contribution < -0.4 is 0 Å². The van der Waals surface area contributed by atoms with Gasteiger partial charge in [0.15, 0.2) is 0 Å². The van der Waals surface area contributed by atoms with Gasteiger partial charge in [-0.3, -0.25) is 0 Å². The molecule has 0 atom stereocenters. The molecular weight excluding hydrogens is 279 g/mol. The Morgan fingerprint density at radius 3 is 2.63 bits per heavy atom. The number of rotatable bonds is 4. The van der Waals surface area contributed by atoms with Crippen LogP contribution in [-0.2, 0) is 13.0 Å². The van der Waals surface area contributed by atoms with Crippen molar-refractivity contribution in [1.82, 2.24) is 9.55 Å². The fourth-order valence-electron chi connectivity index (χ4n) is 2.13. The molecule has 0 fully saturated rings. The van der Waals surface area contributed by atoms with E-state index in [9.17, 15) is 0 Å². The summed E-state index contributed by atoms with van der Waals surface area (Å²) >= 11 is 12.1. The Hall–Kier alpha value is -0.730. The average molecular weight is 299 g/mol. The van der Waals surface area contributed by atoms with Crippen molar-refractivity contribution in [3.63, 3.8) is 0 Å². The largest absolute Gasteiger partial charge is 0.328 e. The second-order valence-corrected chi connectivity index (χ2v) is 6.82. The predicted molar refractivity (Wildman–Crippen MR) is 83.2 cm³/mol. The van der Waals surface area contributed by atoms with Crippen molar-refractivity contribution >= 4 is 34.2 Å². The summed E-state index contributed by atoms with van der Waals surface area (Å²) in [6, 6.07) is 5.94. The van der Waals surface area contributed by atoms with Crippen LogP contribution in [0.5, 0.6) is 0 Å². The van der Waals surface area contributed by atoms with Crippen LogP contribution in [0.1, 0.15) is 33.0 Å². The zero-order chi connectivity index (χ0) is 14.0. The van der Waals surface area contributed by atoms with E-state index in [4.69, 9.17) is 23.2 Å². The summed E-state index contributed by atoms with van der Waals surface area (Å²) in [5.74, 6) is 1.61. The van der Waals surface area contributed by atoms with Gasteiger partial charge in [-0.15, -0.1) is 11.6 Å². The van der Waals surface area contributed by atoms with E-state index in [1.54, 1.807) is 0 Å². The van der Waals surface area contributed by atoms with Gasteiger partial charge in [-0.2, -0.15) is 0 Å². The zero-order valence-corrected chi connectivity index (χ0v) is 13.2. The van der Waals surface area contributed by atoms with E-state index >= 15 is 0 Å². The monoisotopic (exact) mass is 298 g/mol. The molecule has 104 valence electrons. The van der Waals surface area contributed by atoms with Gasteiger partial charge in [-0.05, 0) is 24.0 Å². The van der Waals surface area contributed by atoms with Crippen molar-refractivity contribution < 1.29 is 0 Å². The van der Waals surface area contributed by atoms with Crippen LogP contribution in [-0.4, -0.2) is 15.4 Å². The molecule has 0 bridgehead atoms. The Morgan fingerprint density at radius 1 is 1.26 bits per heavy atom. The number of hydrogen-bond donors (Lipinski definition) is 0. The van der Waals surface area contributed by atoms with Crippen molar-refractivity contribution in [2.45, 2.75) is 40.2 Å². The van der Waals surface area contributed by atoms with Crippen LogP contribution in [0.15, 0.2) is 18.2 Å². The van der Waals surface area contributed by atoms with Gasteiger partial charge in [-0.25, -0.2) is 4.98 Å². The lowest BCUT2D eigenvalue weighted by Crippen LogP contribution is -2.12. The number of halogens is 2. The summed E-state index contributed by atoms with van der Waals surface area (Å²) in [5.41, 5.74) is 2.29. The lowest BCUT2D eigenvalue weighted by molar-refractivity contribution is 0.350. The van der Waals surface area contributed by atoms with E-state index in [0.29, 0.717) is 16.3 Å². The van der Waals surface area contributed by atoms with E-state index in [1.807, 2.05) is 12.1 Å². The van der Waals surface area contributed by atoms with E-state index in [1.165, 1.54) is 0 Å². The topological polar surface area (TPSA) is 17.8 Å². The third kappa shape index (κ3) is 3.43. The Bertz CT molecular complexity index is 567. The maximum atomic E-state index is 6.22. The third-order valence-corrected chi connectivity index (χ3v) is 3.71. The van der Waals surface area contributed by atoms with Crippen molar-refractivity contribution in [2.75, 3.05) is 5.88 Å². The highest BCUT2D eigenvalue weighted by Gasteiger charge is 2.15. The van der Waals surface area contributed by atoms with E-state index < -0.39 is 0 Å². The van der Waals surface area contributed by atoms with E-state index in [2.05, 4.69) is 36.4 Å². The molecule has 1 aromatic carbocycles. The molecule has 0 radical (unpaired) electrons. The molecule has 0 amide bonds. The number of imidazole rings is 1. The number of nitrogens with zero attached hydrogens (tertiary/aromatic N) is 2. The Morgan fingerprint density at radius 2 is 2.00 bits per heavy atom. The second kappa shape index (κ2) is 5.72. The molecule has 0 spiro atoms. The van der Waals surface area contributed by atoms with Gasteiger partial charge in [0.05, 0.1) is 10.5 Å². The number of alkyl halides is 1. The van der Waals surface area contributed by atoms with E-state index in [-0.39, 0.29) is 0 Å². The normalized spacial score (nSPS) is 12.3. The van der Waals surface area contributed by atoms with Gasteiger partial charge in [0.25, 0.3) is 0 Å². The van der Waals surface area contributed by atoms with Crippen LogP contribution in [0.4, 0.5) is 0 Å². The summed E-state index contributed by atoms with van der Waals surface area (Å²) in [4.78, 5) is 4.65. The second-order valence-electron chi connectivity index (χ2n) is 6.04. The molecule has 2 nitrogen and oxygen atoms in total. The minimum absolute atomic E-state index is 0.299. The molecular formula is C15H20Cl2N2. The highest BCUT2D eigenvalue weighted by molar-refractivity contribution is 6.34. The average Bonchev–Trinajstić information content (AvgIpc) is 2.66. The van der Waals surface area contributed by atoms with Gasteiger partial charge in [0.1, 0.15) is 11.3 Å². The molecule has 0 aliphatic carbocycles. The van der Waals surface area contributed by atoms with Crippen LogP contribution in [0.25, 0.3) is 11.0 Å². The van der Waals surface area contributed by atoms with Gasteiger partial charge >= 0.3 is 0 Å². The summed E-state index contributed by atoms with van der Waals surface area (Å²) < 4.78 is 2.26. The van der Waals surface area contributed by atoms with Gasteiger partial charge < -0.3 is 4.57 Å². The van der Waals surface area contributed by atoms with E-state index in [0.717, 1.165) is 36.2 Å². The molecule has 0 aliphatic heterocycles. The SMILES string of the molecule is CC(C)(C)CCn1c(CCCl)nc2c(Cl)cccc21. The first kappa shape index (κ1) is 14.7. The summed E-state index contributed by atoms with van der Waals surface area (Å²) in [6.45, 7) is 7.70. The number of fused-ring (bicyclic) bond motifs is 1. The van der Waals surface area contributed by atoms with Gasteiger partial charge in [0, 0.05) is 18.8 Å². The minimum Gasteiger partial charge on any atom is -0.328 e. The fraction of sp³-hybridized carbons (Fsp3) is 0.533. The van der Waals surface area contributed by atoms with Crippen molar-refractivity contribution in [1.29, 1.82) is 0 Å². The molecule has 0 saturated carbocycles. The zero-order valence-electron chi connectivity index (χ0n) is 11.7. The first-order valence-electron chi connectivity index (χ1n) is 6.62. The number of para-hydroxylation sites is 1. The van der Waals surface area contributed by atoms with Crippen molar-refractivity contribution in [3.05, 3.63) is 29.0 Å². The summed E-state index contributed by atoms with van der Waals surface area (Å²) in [7, 11) is 0. The molecule has 2 rings (SSSR count). The molecule has 19 heavy (non-hydrogen) atoms. The Kier molecular flexibility index (Phi) is 4.42. The third-order valence-electron chi connectivity index (χ3n) is 3.21. The molecule has 0 aliphatic rings. The summed E-state index contributed by atoms with van der Waals surface area (Å²) in [5, 5.41) is 0.711. The first-order chi connectivity index (χ1) is 8.92. The molecule has 1 heterocycles. The molecule has 0 unspecified atom stereocenters. The minimum atomic E-state index is 0.299. The molecule has 0 saturated heterocycles. The maximum Gasteiger partial charge on any atom is 0.111 e. The molecule has 1 aromatic heterocycles.